The number of fused-ring (bicyclic) bond motifs is 5. The fourth-order valence-corrected chi connectivity index (χ4v) is 8.03. The third-order valence-corrected chi connectivity index (χ3v) is 10.5. The summed E-state index contributed by atoms with van der Waals surface area (Å²) in [5.41, 5.74) is 14.0. The van der Waals surface area contributed by atoms with Crippen LogP contribution in [0.1, 0.15) is 22.6 Å². The lowest BCUT2D eigenvalue weighted by Gasteiger charge is -2.33. The quantitative estimate of drug-likeness (QED) is 0.189. The molecule has 11 rings (SSSR count). The average molecular weight is 653 g/mol. The summed E-state index contributed by atoms with van der Waals surface area (Å²) in [5, 5.41) is 3.10. The first-order valence-electron chi connectivity index (χ1n) is 17.3. The summed E-state index contributed by atoms with van der Waals surface area (Å²) in [6, 6.07) is 39.5. The van der Waals surface area contributed by atoms with Crippen molar-refractivity contribution >= 4 is 38.9 Å². The highest BCUT2D eigenvalue weighted by Gasteiger charge is 2.32. The van der Waals surface area contributed by atoms with Gasteiger partial charge in [0.1, 0.15) is 11.1 Å². The van der Waals surface area contributed by atoms with Gasteiger partial charge in [0.05, 0.1) is 5.69 Å². The van der Waals surface area contributed by atoms with Gasteiger partial charge in [-0.05, 0) is 46.4 Å². The van der Waals surface area contributed by atoms with E-state index in [1.165, 1.54) is 27.8 Å². The van der Waals surface area contributed by atoms with Gasteiger partial charge in [-0.1, -0.05) is 140 Å². The molecule has 0 aliphatic heterocycles. The monoisotopic (exact) mass is 652 g/mol. The fourth-order valence-electron chi connectivity index (χ4n) is 8.03. The van der Waals surface area contributed by atoms with Crippen molar-refractivity contribution in [2.24, 2.45) is 0 Å². The normalized spacial score (nSPS) is 15.6. The molecule has 238 valence electrons. The molecule has 0 bridgehead atoms. The number of hydrogen-bond acceptors (Lipinski definition) is 5. The van der Waals surface area contributed by atoms with Crippen molar-refractivity contribution in [3.63, 3.8) is 0 Å². The molecule has 3 heterocycles. The van der Waals surface area contributed by atoms with Crippen LogP contribution in [0, 0.1) is 0 Å². The highest BCUT2D eigenvalue weighted by atomic mass is 16.3. The van der Waals surface area contributed by atoms with Crippen molar-refractivity contribution in [3.8, 4) is 45.4 Å². The maximum Gasteiger partial charge on any atom is 0.164 e. The summed E-state index contributed by atoms with van der Waals surface area (Å²) in [7, 11) is 0. The third-order valence-electron chi connectivity index (χ3n) is 10.5. The Bertz CT molecular complexity index is 2880. The van der Waals surface area contributed by atoms with Gasteiger partial charge in [-0.25, -0.2) is 19.9 Å². The van der Waals surface area contributed by atoms with E-state index >= 15 is 0 Å². The molecule has 0 fully saturated rings. The molecule has 0 saturated carbocycles. The van der Waals surface area contributed by atoms with Crippen LogP contribution in [0.15, 0.2) is 161 Å². The summed E-state index contributed by atoms with van der Waals surface area (Å²) in [6.45, 7) is 0. The van der Waals surface area contributed by atoms with Gasteiger partial charge in [0.2, 0.25) is 0 Å². The summed E-state index contributed by atoms with van der Waals surface area (Å²) in [6.07, 6.45) is 14.4. The molecule has 1 atom stereocenters. The Balaban J connectivity index is 1.06. The second kappa shape index (κ2) is 10.9. The van der Waals surface area contributed by atoms with Crippen LogP contribution in [0.3, 0.4) is 0 Å². The zero-order valence-electron chi connectivity index (χ0n) is 27.4. The molecule has 0 N–H and O–H groups in total. The Morgan fingerprint density at radius 2 is 1.25 bits per heavy atom. The van der Waals surface area contributed by atoms with Gasteiger partial charge in [-0.3, -0.25) is 0 Å². The molecule has 5 heteroatoms. The lowest BCUT2D eigenvalue weighted by Crippen LogP contribution is -2.18. The van der Waals surface area contributed by atoms with Gasteiger partial charge in [0.25, 0.3) is 0 Å². The molecule has 5 nitrogen and oxygen atoms in total. The molecular formula is C46H28N4O. The third kappa shape index (κ3) is 4.35. The first-order valence-corrected chi connectivity index (χ1v) is 17.3. The summed E-state index contributed by atoms with van der Waals surface area (Å²) in [4.78, 5) is 20.5. The average Bonchev–Trinajstić information content (AvgIpc) is 3.59. The van der Waals surface area contributed by atoms with Crippen LogP contribution < -0.4 is 0 Å². The predicted molar refractivity (Wildman–Crippen MR) is 205 cm³/mol. The topological polar surface area (TPSA) is 64.7 Å². The zero-order chi connectivity index (χ0) is 33.5. The van der Waals surface area contributed by atoms with Crippen LogP contribution in [-0.2, 0) is 6.42 Å². The van der Waals surface area contributed by atoms with Crippen molar-refractivity contribution in [1.82, 2.24) is 19.9 Å². The Hall–Kier alpha value is -6.72. The van der Waals surface area contributed by atoms with E-state index in [1.54, 1.807) is 0 Å². The van der Waals surface area contributed by atoms with Crippen LogP contribution >= 0.6 is 0 Å². The molecule has 51 heavy (non-hydrogen) atoms. The van der Waals surface area contributed by atoms with E-state index in [2.05, 4.69) is 115 Å². The van der Waals surface area contributed by atoms with Gasteiger partial charge in [0, 0.05) is 44.3 Å². The van der Waals surface area contributed by atoms with Crippen LogP contribution in [0.2, 0.25) is 0 Å². The van der Waals surface area contributed by atoms with E-state index in [9.17, 15) is 0 Å². The number of furan rings is 1. The van der Waals surface area contributed by atoms with Crippen LogP contribution in [0.25, 0.3) is 84.3 Å². The maximum atomic E-state index is 6.31. The SMILES string of the molecule is C1=CC2=CCc3ccc(-c4nc(-c5ccccc5)nc(-c5ccc(-c6nc7c8ccccc8oc7c7ccccc67)cc5)n4)c4c3C2C(=C1)C=C4. The molecule has 0 saturated heterocycles. The highest BCUT2D eigenvalue weighted by molar-refractivity contribution is 6.16. The number of benzene rings is 5. The van der Waals surface area contributed by atoms with Crippen LogP contribution in [0.5, 0.6) is 0 Å². The lowest BCUT2D eigenvalue weighted by molar-refractivity contribution is 0.672. The molecule has 5 aromatic carbocycles. The molecule has 3 aliphatic carbocycles. The van der Waals surface area contributed by atoms with E-state index in [-0.39, 0.29) is 5.92 Å². The Morgan fingerprint density at radius 3 is 2.10 bits per heavy atom. The minimum absolute atomic E-state index is 0.255. The summed E-state index contributed by atoms with van der Waals surface area (Å²) >= 11 is 0. The fraction of sp³-hybridized carbons (Fsp3) is 0.0435. The number of nitrogens with zero attached hydrogens (tertiary/aromatic N) is 4. The minimum Gasteiger partial charge on any atom is -0.454 e. The molecule has 1 unspecified atom stereocenters. The number of hydrogen-bond donors (Lipinski definition) is 0. The first-order chi connectivity index (χ1) is 25.3. The number of pyridine rings is 1. The lowest BCUT2D eigenvalue weighted by atomic mass is 9.70. The van der Waals surface area contributed by atoms with Crippen molar-refractivity contribution in [2.75, 3.05) is 0 Å². The van der Waals surface area contributed by atoms with Crippen LogP contribution in [0.4, 0.5) is 0 Å². The number of allylic oxidation sites excluding steroid dienone is 7. The number of rotatable bonds is 4. The van der Waals surface area contributed by atoms with Crippen molar-refractivity contribution < 1.29 is 4.42 Å². The maximum absolute atomic E-state index is 6.31. The first kappa shape index (κ1) is 28.2. The van der Waals surface area contributed by atoms with Gasteiger partial charge in [-0.15, -0.1) is 0 Å². The Labute approximate surface area is 293 Å². The minimum atomic E-state index is 0.255. The molecule has 0 amide bonds. The standard InChI is InChI=1S/C46H28N4O/c1-2-9-31(10-3-1)44-48-45(50-46(49-44)36-26-24-29-18-17-27-11-8-12-28-23-25-33(36)40(29)39(27)28)32-21-19-30(20-22-32)41-34-13-4-5-14-35(34)43-42(47-41)37-15-6-7-16-38(37)51-43/h1-17,19-26,39H,18H2. The van der Waals surface area contributed by atoms with Gasteiger partial charge < -0.3 is 4.42 Å². The van der Waals surface area contributed by atoms with E-state index in [0.717, 1.165) is 67.2 Å². The molecule has 0 radical (unpaired) electrons. The van der Waals surface area contributed by atoms with Crippen molar-refractivity contribution in [1.29, 1.82) is 0 Å². The summed E-state index contributed by atoms with van der Waals surface area (Å²) < 4.78 is 6.31. The Morgan fingerprint density at radius 1 is 0.549 bits per heavy atom. The smallest absolute Gasteiger partial charge is 0.164 e. The second-order valence-electron chi connectivity index (χ2n) is 13.3. The van der Waals surface area contributed by atoms with E-state index < -0.39 is 0 Å². The van der Waals surface area contributed by atoms with E-state index in [0.29, 0.717) is 17.5 Å². The molecule has 8 aromatic rings. The molecular weight excluding hydrogens is 625 g/mol. The molecule has 3 aromatic heterocycles. The largest absolute Gasteiger partial charge is 0.454 e. The zero-order valence-corrected chi connectivity index (χ0v) is 27.4. The predicted octanol–water partition coefficient (Wildman–Crippen LogP) is 11.1. The van der Waals surface area contributed by atoms with E-state index in [1.807, 2.05) is 36.4 Å². The van der Waals surface area contributed by atoms with Gasteiger partial charge in [0.15, 0.2) is 23.1 Å². The van der Waals surface area contributed by atoms with Gasteiger partial charge >= 0.3 is 0 Å². The Kier molecular flexibility index (Phi) is 6.01. The number of aromatic nitrogens is 4. The van der Waals surface area contributed by atoms with E-state index in [4.69, 9.17) is 24.4 Å². The summed E-state index contributed by atoms with van der Waals surface area (Å²) in [5.74, 6) is 2.21. The molecule has 3 aliphatic rings. The van der Waals surface area contributed by atoms with Gasteiger partial charge in [-0.2, -0.15) is 0 Å². The highest BCUT2D eigenvalue weighted by Crippen LogP contribution is 2.48. The van der Waals surface area contributed by atoms with Crippen molar-refractivity contribution in [2.45, 2.75) is 12.3 Å². The molecule has 0 spiro atoms. The van der Waals surface area contributed by atoms with Crippen LogP contribution in [-0.4, -0.2) is 19.9 Å². The number of para-hydroxylation sites is 1. The van der Waals surface area contributed by atoms with Crippen molar-refractivity contribution in [3.05, 3.63) is 173 Å². The second-order valence-corrected chi connectivity index (χ2v) is 13.3.